The highest BCUT2D eigenvalue weighted by atomic mass is 16.2. The van der Waals surface area contributed by atoms with Crippen molar-refractivity contribution in [1.29, 1.82) is 0 Å². The molecule has 0 bridgehead atoms. The lowest BCUT2D eigenvalue weighted by Crippen LogP contribution is -2.40. The lowest BCUT2D eigenvalue weighted by molar-refractivity contribution is 0.189. The van der Waals surface area contributed by atoms with Gasteiger partial charge in [-0.3, -0.25) is 0 Å². The number of urea groups is 1. The summed E-state index contributed by atoms with van der Waals surface area (Å²) >= 11 is 0. The van der Waals surface area contributed by atoms with Crippen LogP contribution in [0, 0.1) is 5.41 Å². The summed E-state index contributed by atoms with van der Waals surface area (Å²) in [4.78, 5) is 14.0. The molecule has 0 atom stereocenters. The molecule has 0 saturated heterocycles. The second-order valence-corrected chi connectivity index (χ2v) is 5.91. The van der Waals surface area contributed by atoms with Crippen molar-refractivity contribution in [3.63, 3.8) is 0 Å². The molecule has 0 aliphatic heterocycles. The van der Waals surface area contributed by atoms with E-state index >= 15 is 0 Å². The molecule has 4 heteroatoms. The van der Waals surface area contributed by atoms with Gasteiger partial charge in [0.05, 0.1) is 0 Å². The maximum absolute atomic E-state index is 12.2. The monoisotopic (exact) mass is 263 g/mol. The Balaban J connectivity index is 2.65. The largest absolute Gasteiger partial charge is 0.326 e. The van der Waals surface area contributed by atoms with Crippen molar-refractivity contribution in [3.8, 4) is 0 Å². The summed E-state index contributed by atoms with van der Waals surface area (Å²) in [6.45, 7) is 10.3. The first-order valence-electron chi connectivity index (χ1n) is 6.70. The Morgan fingerprint density at radius 1 is 1.26 bits per heavy atom. The van der Waals surface area contributed by atoms with E-state index in [2.05, 4.69) is 26.1 Å². The summed E-state index contributed by atoms with van der Waals surface area (Å²) in [7, 11) is 0. The van der Waals surface area contributed by atoms with Crippen molar-refractivity contribution in [2.24, 2.45) is 11.1 Å². The predicted octanol–water partition coefficient (Wildman–Crippen LogP) is 3.05. The molecular weight excluding hydrogens is 238 g/mol. The highest BCUT2D eigenvalue weighted by molar-refractivity contribution is 5.89. The molecule has 0 radical (unpaired) electrons. The molecule has 2 amide bonds. The topological polar surface area (TPSA) is 58.4 Å². The Hall–Kier alpha value is -1.55. The Morgan fingerprint density at radius 2 is 1.84 bits per heavy atom. The molecular formula is C15H25N3O. The van der Waals surface area contributed by atoms with Crippen molar-refractivity contribution in [3.05, 3.63) is 29.8 Å². The van der Waals surface area contributed by atoms with Gasteiger partial charge in [-0.15, -0.1) is 0 Å². The van der Waals surface area contributed by atoms with E-state index in [0.717, 1.165) is 17.8 Å². The number of benzene rings is 1. The van der Waals surface area contributed by atoms with Crippen LogP contribution in [0.4, 0.5) is 10.5 Å². The van der Waals surface area contributed by atoms with Gasteiger partial charge in [-0.1, -0.05) is 32.9 Å². The van der Waals surface area contributed by atoms with E-state index in [4.69, 9.17) is 5.73 Å². The number of nitrogens with one attached hydrogen (secondary N) is 1. The third-order valence-electron chi connectivity index (χ3n) is 2.78. The van der Waals surface area contributed by atoms with Gasteiger partial charge in [0.2, 0.25) is 0 Å². The Labute approximate surface area is 116 Å². The van der Waals surface area contributed by atoms with E-state index in [0.29, 0.717) is 13.1 Å². The SMILES string of the molecule is CCN(CC(C)(C)C)C(=O)Nc1ccc(CN)cc1. The highest BCUT2D eigenvalue weighted by Crippen LogP contribution is 2.16. The number of amides is 2. The number of nitrogens with two attached hydrogens (primary N) is 1. The lowest BCUT2D eigenvalue weighted by atomic mass is 9.96. The molecule has 1 rings (SSSR count). The minimum atomic E-state index is -0.0575. The van der Waals surface area contributed by atoms with Crippen LogP contribution < -0.4 is 11.1 Å². The van der Waals surface area contributed by atoms with Crippen LogP contribution in [0.1, 0.15) is 33.3 Å². The van der Waals surface area contributed by atoms with E-state index in [1.807, 2.05) is 36.1 Å². The van der Waals surface area contributed by atoms with Gasteiger partial charge in [0, 0.05) is 25.3 Å². The smallest absolute Gasteiger partial charge is 0.321 e. The highest BCUT2D eigenvalue weighted by Gasteiger charge is 2.19. The van der Waals surface area contributed by atoms with Crippen LogP contribution in [0.15, 0.2) is 24.3 Å². The van der Waals surface area contributed by atoms with E-state index < -0.39 is 0 Å². The first-order valence-corrected chi connectivity index (χ1v) is 6.70. The number of carbonyl (C=O) groups is 1. The first-order chi connectivity index (χ1) is 8.85. The number of carbonyl (C=O) groups excluding carboxylic acids is 1. The molecule has 1 aromatic carbocycles. The second-order valence-electron chi connectivity index (χ2n) is 5.91. The molecule has 0 heterocycles. The van der Waals surface area contributed by atoms with Gasteiger partial charge < -0.3 is 16.0 Å². The zero-order chi connectivity index (χ0) is 14.5. The molecule has 4 nitrogen and oxygen atoms in total. The summed E-state index contributed by atoms with van der Waals surface area (Å²) in [5.41, 5.74) is 7.49. The molecule has 3 N–H and O–H groups in total. The Morgan fingerprint density at radius 3 is 2.26 bits per heavy atom. The fourth-order valence-corrected chi connectivity index (χ4v) is 1.83. The number of anilines is 1. The van der Waals surface area contributed by atoms with Gasteiger partial charge in [0.15, 0.2) is 0 Å². The molecule has 0 unspecified atom stereocenters. The minimum Gasteiger partial charge on any atom is -0.326 e. The molecule has 0 aromatic heterocycles. The fourth-order valence-electron chi connectivity index (χ4n) is 1.83. The summed E-state index contributed by atoms with van der Waals surface area (Å²) in [5.74, 6) is 0. The number of hydrogen-bond acceptors (Lipinski definition) is 2. The quantitative estimate of drug-likeness (QED) is 0.877. The van der Waals surface area contributed by atoms with Crippen molar-refractivity contribution >= 4 is 11.7 Å². The van der Waals surface area contributed by atoms with Crippen molar-refractivity contribution in [1.82, 2.24) is 4.90 Å². The molecule has 106 valence electrons. The molecule has 0 fully saturated rings. The Kier molecular flexibility index (Phi) is 5.36. The average molecular weight is 263 g/mol. The van der Waals surface area contributed by atoms with Crippen LogP contribution in [0.25, 0.3) is 0 Å². The molecule has 0 saturated carbocycles. The van der Waals surface area contributed by atoms with E-state index in [-0.39, 0.29) is 11.4 Å². The van der Waals surface area contributed by atoms with E-state index in [1.165, 1.54) is 0 Å². The van der Waals surface area contributed by atoms with Crippen LogP contribution in [0.2, 0.25) is 0 Å². The van der Waals surface area contributed by atoms with Crippen molar-refractivity contribution in [2.75, 3.05) is 18.4 Å². The Bertz CT molecular complexity index is 406. The van der Waals surface area contributed by atoms with E-state index in [9.17, 15) is 4.79 Å². The average Bonchev–Trinajstić information content (AvgIpc) is 2.35. The maximum Gasteiger partial charge on any atom is 0.321 e. The minimum absolute atomic E-state index is 0.0575. The fraction of sp³-hybridized carbons (Fsp3) is 0.533. The molecule has 1 aromatic rings. The number of hydrogen-bond donors (Lipinski definition) is 2. The zero-order valence-corrected chi connectivity index (χ0v) is 12.4. The van der Waals surface area contributed by atoms with Crippen molar-refractivity contribution < 1.29 is 4.79 Å². The summed E-state index contributed by atoms with van der Waals surface area (Å²) in [6.07, 6.45) is 0. The third-order valence-corrected chi connectivity index (χ3v) is 2.78. The summed E-state index contributed by atoms with van der Waals surface area (Å²) in [6, 6.07) is 7.55. The van der Waals surface area contributed by atoms with Gasteiger partial charge >= 0.3 is 6.03 Å². The van der Waals surface area contributed by atoms with Crippen LogP contribution in [0.5, 0.6) is 0 Å². The van der Waals surface area contributed by atoms with Crippen LogP contribution in [-0.4, -0.2) is 24.0 Å². The standard InChI is InChI=1S/C15H25N3O/c1-5-18(11-15(2,3)4)14(19)17-13-8-6-12(10-16)7-9-13/h6-9H,5,10-11,16H2,1-4H3,(H,17,19). The zero-order valence-electron chi connectivity index (χ0n) is 12.4. The van der Waals surface area contributed by atoms with Gasteiger partial charge in [0.1, 0.15) is 0 Å². The summed E-state index contributed by atoms with van der Waals surface area (Å²) in [5, 5.41) is 2.91. The summed E-state index contributed by atoms with van der Waals surface area (Å²) < 4.78 is 0. The van der Waals surface area contributed by atoms with Crippen LogP contribution in [0.3, 0.4) is 0 Å². The molecule has 19 heavy (non-hydrogen) atoms. The van der Waals surface area contributed by atoms with E-state index in [1.54, 1.807) is 0 Å². The normalized spacial score (nSPS) is 11.2. The lowest BCUT2D eigenvalue weighted by Gasteiger charge is -2.29. The van der Waals surface area contributed by atoms with Gasteiger partial charge in [-0.05, 0) is 30.0 Å². The van der Waals surface area contributed by atoms with Gasteiger partial charge in [0.25, 0.3) is 0 Å². The number of rotatable bonds is 4. The molecule has 0 aliphatic carbocycles. The van der Waals surface area contributed by atoms with Gasteiger partial charge in [-0.25, -0.2) is 4.79 Å². The third kappa shape index (κ3) is 5.30. The van der Waals surface area contributed by atoms with Crippen molar-refractivity contribution in [2.45, 2.75) is 34.2 Å². The molecule has 0 aliphatic rings. The maximum atomic E-state index is 12.2. The predicted molar refractivity (Wildman–Crippen MR) is 80.1 cm³/mol. The first kappa shape index (κ1) is 15.5. The molecule has 0 spiro atoms. The second kappa shape index (κ2) is 6.57. The van der Waals surface area contributed by atoms with Crippen LogP contribution in [-0.2, 0) is 6.54 Å². The number of nitrogens with zero attached hydrogens (tertiary/aromatic N) is 1. The van der Waals surface area contributed by atoms with Crippen LogP contribution >= 0.6 is 0 Å². The van der Waals surface area contributed by atoms with Gasteiger partial charge in [-0.2, -0.15) is 0 Å².